The number of alkyl halides is 3. The highest BCUT2D eigenvalue weighted by molar-refractivity contribution is 6.18. The quantitative estimate of drug-likeness (QED) is 0.302. The second-order valence-corrected chi connectivity index (χ2v) is 7.15. The van der Waals surface area contributed by atoms with Crippen molar-refractivity contribution in [1.82, 2.24) is 9.97 Å². The molecule has 0 spiro atoms. The Kier molecular flexibility index (Phi) is 5.76. The fourth-order valence-electron chi connectivity index (χ4n) is 3.32. The van der Waals surface area contributed by atoms with Crippen LogP contribution < -0.4 is 10.6 Å². The molecule has 3 aromatic carbocycles. The zero-order chi connectivity index (χ0) is 24.5. The number of carbonyl (C=O) groups excluding carboxylic acids is 2. The molecule has 1 heterocycles. The minimum Gasteiger partial charge on any atom is -0.465 e. The first-order valence-corrected chi connectivity index (χ1v) is 9.74. The highest BCUT2D eigenvalue weighted by atomic mass is 19.4. The summed E-state index contributed by atoms with van der Waals surface area (Å²) in [6.45, 7) is 0. The molecule has 2 amide bonds. The van der Waals surface area contributed by atoms with Gasteiger partial charge in [0.25, 0.3) is 5.91 Å². The van der Waals surface area contributed by atoms with Crippen LogP contribution in [0.1, 0.15) is 31.8 Å². The van der Waals surface area contributed by atoms with Crippen LogP contribution in [0.3, 0.4) is 0 Å². The normalized spacial score (nSPS) is 11.3. The van der Waals surface area contributed by atoms with E-state index in [1.807, 2.05) is 0 Å². The number of carbonyl (C=O) groups is 3. The van der Waals surface area contributed by atoms with E-state index in [1.54, 1.807) is 6.07 Å². The number of carboxylic acid groups (broad SMARTS) is 1. The number of H-pyrrole nitrogens is 1. The maximum absolute atomic E-state index is 13.2. The van der Waals surface area contributed by atoms with Gasteiger partial charge in [0.2, 0.25) is 5.95 Å². The molecule has 0 unspecified atom stereocenters. The summed E-state index contributed by atoms with van der Waals surface area (Å²) in [6, 6.07) is 14.5. The molecule has 172 valence electrons. The number of aromatic nitrogens is 2. The second-order valence-electron chi connectivity index (χ2n) is 7.15. The first kappa shape index (κ1) is 22.5. The Morgan fingerprint density at radius 3 is 2.32 bits per heavy atom. The third kappa shape index (κ3) is 4.72. The summed E-state index contributed by atoms with van der Waals surface area (Å²) >= 11 is 0. The summed E-state index contributed by atoms with van der Waals surface area (Å²) in [7, 11) is 0. The number of aromatic amines is 1. The van der Waals surface area contributed by atoms with Gasteiger partial charge in [0, 0.05) is 16.8 Å². The number of anilines is 2. The number of nitrogens with zero attached hydrogens (tertiary/aromatic N) is 1. The van der Waals surface area contributed by atoms with Gasteiger partial charge in [-0.05, 0) is 42.5 Å². The van der Waals surface area contributed by atoms with E-state index < -0.39 is 29.5 Å². The molecule has 0 fully saturated rings. The summed E-state index contributed by atoms with van der Waals surface area (Å²) in [5, 5.41) is 13.3. The molecule has 4 N–H and O–H groups in total. The number of rotatable bonds is 5. The molecule has 0 saturated heterocycles. The van der Waals surface area contributed by atoms with Crippen molar-refractivity contribution in [3.63, 3.8) is 0 Å². The van der Waals surface area contributed by atoms with Crippen LogP contribution in [0.4, 0.5) is 29.6 Å². The first-order chi connectivity index (χ1) is 16.1. The van der Waals surface area contributed by atoms with Gasteiger partial charge in [-0.2, -0.15) is 13.2 Å². The Balaban J connectivity index is 1.62. The van der Waals surface area contributed by atoms with E-state index in [-0.39, 0.29) is 28.3 Å². The molecule has 0 aliphatic carbocycles. The van der Waals surface area contributed by atoms with E-state index in [1.165, 1.54) is 48.5 Å². The van der Waals surface area contributed by atoms with Gasteiger partial charge in [0.05, 0.1) is 22.2 Å². The third-order valence-electron chi connectivity index (χ3n) is 4.83. The molecule has 0 bridgehead atoms. The van der Waals surface area contributed by atoms with Gasteiger partial charge in [-0.25, -0.2) is 9.78 Å². The number of nitrogens with one attached hydrogen (secondary N) is 3. The van der Waals surface area contributed by atoms with Crippen molar-refractivity contribution in [1.29, 1.82) is 0 Å². The van der Waals surface area contributed by atoms with E-state index in [2.05, 4.69) is 20.6 Å². The van der Waals surface area contributed by atoms with Crippen molar-refractivity contribution in [3.8, 4) is 0 Å². The fourth-order valence-corrected chi connectivity index (χ4v) is 3.32. The van der Waals surface area contributed by atoms with Crippen LogP contribution in [0.15, 0.2) is 66.7 Å². The summed E-state index contributed by atoms with van der Waals surface area (Å²) in [5.74, 6) is -1.29. The lowest BCUT2D eigenvalue weighted by atomic mass is 9.97. The van der Waals surface area contributed by atoms with E-state index in [0.717, 1.165) is 12.1 Å². The van der Waals surface area contributed by atoms with Crippen molar-refractivity contribution >= 4 is 40.5 Å². The molecule has 8 nitrogen and oxygen atoms in total. The lowest BCUT2D eigenvalue weighted by molar-refractivity contribution is -0.137. The Labute approximate surface area is 189 Å². The van der Waals surface area contributed by atoms with Gasteiger partial charge >= 0.3 is 12.3 Å². The van der Waals surface area contributed by atoms with Crippen molar-refractivity contribution in [3.05, 3.63) is 89.0 Å². The Hall–Kier alpha value is -4.67. The van der Waals surface area contributed by atoms with Crippen molar-refractivity contribution < 1.29 is 32.7 Å². The molecule has 0 radical (unpaired) electrons. The predicted molar refractivity (Wildman–Crippen MR) is 117 cm³/mol. The van der Waals surface area contributed by atoms with Gasteiger partial charge in [0.15, 0.2) is 5.78 Å². The van der Waals surface area contributed by atoms with Gasteiger partial charge in [-0.15, -0.1) is 0 Å². The summed E-state index contributed by atoms with van der Waals surface area (Å²) in [6.07, 6.45) is -5.88. The molecule has 1 aromatic heterocycles. The number of hydrogen-bond donors (Lipinski definition) is 4. The molecular formula is C23H15F3N4O4. The largest absolute Gasteiger partial charge is 0.465 e. The minimum atomic E-state index is -4.57. The van der Waals surface area contributed by atoms with Gasteiger partial charge in [-0.1, -0.05) is 24.3 Å². The molecule has 4 aromatic rings. The average molecular weight is 468 g/mol. The smallest absolute Gasteiger partial charge is 0.416 e. The topological polar surface area (TPSA) is 124 Å². The van der Waals surface area contributed by atoms with Crippen LogP contribution in [-0.2, 0) is 6.18 Å². The number of halogens is 3. The van der Waals surface area contributed by atoms with Gasteiger partial charge in [-0.3, -0.25) is 14.9 Å². The number of benzene rings is 3. The zero-order valence-corrected chi connectivity index (χ0v) is 17.1. The second kappa shape index (κ2) is 8.70. The maximum Gasteiger partial charge on any atom is 0.416 e. The van der Waals surface area contributed by atoms with E-state index in [9.17, 15) is 27.6 Å². The Morgan fingerprint density at radius 2 is 1.62 bits per heavy atom. The van der Waals surface area contributed by atoms with E-state index >= 15 is 0 Å². The molecule has 0 aliphatic heterocycles. The SMILES string of the molecule is O=C(O)Nc1nc2ccc(C(=O)c3ccccc3C(=O)Nc3cccc(C(F)(F)F)c3)cc2[nH]1. The number of amides is 2. The summed E-state index contributed by atoms with van der Waals surface area (Å²) < 4.78 is 38.9. The number of imidazole rings is 1. The number of fused-ring (bicyclic) bond motifs is 1. The fraction of sp³-hybridized carbons (Fsp3) is 0.0435. The molecule has 34 heavy (non-hydrogen) atoms. The van der Waals surface area contributed by atoms with Crippen molar-refractivity contribution in [2.75, 3.05) is 10.6 Å². The summed E-state index contributed by atoms with van der Waals surface area (Å²) in [4.78, 5) is 43.6. The number of hydrogen-bond acceptors (Lipinski definition) is 4. The lowest BCUT2D eigenvalue weighted by Crippen LogP contribution is -2.17. The Morgan fingerprint density at radius 1 is 0.882 bits per heavy atom. The van der Waals surface area contributed by atoms with Gasteiger partial charge < -0.3 is 15.4 Å². The first-order valence-electron chi connectivity index (χ1n) is 9.74. The lowest BCUT2D eigenvalue weighted by Gasteiger charge is -2.12. The Bertz CT molecular complexity index is 1430. The predicted octanol–water partition coefficient (Wildman–Crippen LogP) is 5.15. The monoisotopic (exact) mass is 468 g/mol. The summed E-state index contributed by atoms with van der Waals surface area (Å²) in [5.41, 5.74) is 0.0185. The van der Waals surface area contributed by atoms with Crippen LogP contribution in [0.25, 0.3) is 11.0 Å². The highest BCUT2D eigenvalue weighted by Gasteiger charge is 2.30. The van der Waals surface area contributed by atoms with Gasteiger partial charge in [0.1, 0.15) is 0 Å². The highest BCUT2D eigenvalue weighted by Crippen LogP contribution is 2.31. The van der Waals surface area contributed by atoms with Crippen LogP contribution >= 0.6 is 0 Å². The molecule has 0 aliphatic rings. The van der Waals surface area contributed by atoms with Crippen LogP contribution in [0.2, 0.25) is 0 Å². The molecule has 0 saturated carbocycles. The maximum atomic E-state index is 13.2. The zero-order valence-electron chi connectivity index (χ0n) is 17.1. The van der Waals surface area contributed by atoms with Crippen LogP contribution in [0.5, 0.6) is 0 Å². The van der Waals surface area contributed by atoms with E-state index in [0.29, 0.717) is 11.0 Å². The van der Waals surface area contributed by atoms with Crippen molar-refractivity contribution in [2.24, 2.45) is 0 Å². The number of ketones is 1. The molecule has 11 heteroatoms. The van der Waals surface area contributed by atoms with Crippen LogP contribution in [-0.4, -0.2) is 32.9 Å². The van der Waals surface area contributed by atoms with Crippen molar-refractivity contribution in [2.45, 2.75) is 6.18 Å². The molecular weight excluding hydrogens is 453 g/mol. The standard InChI is InChI=1S/C23H15F3N4O4/c24-23(25,26)13-4-3-5-14(11-13)27-20(32)16-7-2-1-6-15(16)19(31)12-8-9-17-18(10-12)29-21(28-17)30-22(33)34/h1-11H,(H,27,32)(H,33,34)(H2,28,29,30). The average Bonchev–Trinajstić information content (AvgIpc) is 3.19. The molecule has 4 rings (SSSR count). The minimum absolute atomic E-state index is 0.0204. The van der Waals surface area contributed by atoms with E-state index in [4.69, 9.17) is 5.11 Å². The molecule has 0 atom stereocenters. The van der Waals surface area contributed by atoms with Crippen LogP contribution in [0, 0.1) is 0 Å². The third-order valence-corrected chi connectivity index (χ3v) is 4.83.